The predicted octanol–water partition coefficient (Wildman–Crippen LogP) is 4.03. The summed E-state index contributed by atoms with van der Waals surface area (Å²) in [5.74, 6) is 2.73. The maximum Gasteiger partial charge on any atom is 0.162 e. The highest BCUT2D eigenvalue weighted by Crippen LogP contribution is 2.35. The minimum Gasteiger partial charge on any atom is -0.508 e. The lowest BCUT2D eigenvalue weighted by molar-refractivity contribution is 0.356. The second kappa shape index (κ2) is 9.07. The summed E-state index contributed by atoms with van der Waals surface area (Å²) >= 11 is 0. The Morgan fingerprint density at radius 3 is 2.15 bits per heavy atom. The number of nitrogens with zero attached hydrogens (tertiary/aromatic N) is 3. The van der Waals surface area contributed by atoms with Crippen LogP contribution in [0.25, 0.3) is 10.9 Å². The Labute approximate surface area is 159 Å². The molecule has 2 aromatic carbocycles. The van der Waals surface area contributed by atoms with Gasteiger partial charge in [0, 0.05) is 24.5 Å². The van der Waals surface area contributed by atoms with Crippen molar-refractivity contribution in [2.24, 2.45) is 0 Å². The van der Waals surface area contributed by atoms with Gasteiger partial charge in [-0.25, -0.2) is 9.97 Å². The fourth-order valence-electron chi connectivity index (χ4n) is 3.16. The molecule has 142 valence electrons. The van der Waals surface area contributed by atoms with E-state index >= 15 is 0 Å². The summed E-state index contributed by atoms with van der Waals surface area (Å²) in [6, 6.07) is 12.6. The molecule has 3 aromatic rings. The van der Waals surface area contributed by atoms with Gasteiger partial charge in [-0.2, -0.15) is 0 Å². The standard InChI is InChI=1S/C15H19N3O2.C6H6O/c1-19-13-8-11-12(9-14(13)20-2)16-10-17-15(11)18-6-4-3-5-7-18;7-6-4-2-1-3-5-6/h8-10H,3-7H2,1-2H3;1-5,7H. The summed E-state index contributed by atoms with van der Waals surface area (Å²) in [5, 5.41) is 9.65. The zero-order valence-corrected chi connectivity index (χ0v) is 15.8. The number of hydrogen-bond donors (Lipinski definition) is 1. The summed E-state index contributed by atoms with van der Waals surface area (Å²) in [7, 11) is 3.28. The predicted molar refractivity (Wildman–Crippen MR) is 107 cm³/mol. The van der Waals surface area contributed by atoms with Gasteiger partial charge in [0.2, 0.25) is 0 Å². The Morgan fingerprint density at radius 2 is 1.56 bits per heavy atom. The van der Waals surface area contributed by atoms with Crippen LogP contribution in [0.4, 0.5) is 5.82 Å². The van der Waals surface area contributed by atoms with Crippen LogP contribution >= 0.6 is 0 Å². The van der Waals surface area contributed by atoms with Crippen molar-refractivity contribution in [2.45, 2.75) is 19.3 Å². The fraction of sp³-hybridized carbons (Fsp3) is 0.333. The van der Waals surface area contributed by atoms with Crippen molar-refractivity contribution in [1.29, 1.82) is 0 Å². The third-order valence-corrected chi connectivity index (χ3v) is 4.53. The zero-order valence-electron chi connectivity index (χ0n) is 15.8. The number of para-hydroxylation sites is 1. The van der Waals surface area contributed by atoms with Gasteiger partial charge in [0.05, 0.1) is 19.7 Å². The Morgan fingerprint density at radius 1 is 0.889 bits per heavy atom. The van der Waals surface area contributed by atoms with E-state index < -0.39 is 0 Å². The van der Waals surface area contributed by atoms with E-state index in [0.29, 0.717) is 17.2 Å². The highest BCUT2D eigenvalue weighted by Gasteiger charge is 2.17. The molecule has 1 N–H and O–H groups in total. The average molecular weight is 367 g/mol. The molecule has 0 spiro atoms. The van der Waals surface area contributed by atoms with E-state index in [9.17, 15) is 0 Å². The van der Waals surface area contributed by atoms with E-state index in [0.717, 1.165) is 29.8 Å². The molecule has 1 aliphatic rings. The molecule has 2 heterocycles. The number of hydrogen-bond acceptors (Lipinski definition) is 6. The lowest BCUT2D eigenvalue weighted by Crippen LogP contribution is -2.30. The highest BCUT2D eigenvalue weighted by molar-refractivity contribution is 5.92. The van der Waals surface area contributed by atoms with Crippen LogP contribution in [0, 0.1) is 0 Å². The molecule has 0 aliphatic carbocycles. The SMILES string of the molecule is COc1cc2ncnc(N3CCCCC3)c2cc1OC.Oc1ccccc1. The van der Waals surface area contributed by atoms with Gasteiger partial charge < -0.3 is 19.5 Å². The number of aromatic nitrogens is 2. The van der Waals surface area contributed by atoms with Crippen molar-refractivity contribution >= 4 is 16.7 Å². The maximum absolute atomic E-state index is 8.63. The Kier molecular flexibility index (Phi) is 6.30. The number of phenols is 1. The Bertz CT molecular complexity index is 865. The molecule has 0 saturated carbocycles. The summed E-state index contributed by atoms with van der Waals surface area (Å²) < 4.78 is 10.7. The molecule has 1 aliphatic heterocycles. The van der Waals surface area contributed by atoms with Gasteiger partial charge in [0.1, 0.15) is 17.9 Å². The van der Waals surface area contributed by atoms with Crippen molar-refractivity contribution in [3.05, 3.63) is 48.8 Å². The topological polar surface area (TPSA) is 67.7 Å². The van der Waals surface area contributed by atoms with Gasteiger partial charge in [0.15, 0.2) is 11.5 Å². The monoisotopic (exact) mass is 367 g/mol. The molecule has 0 amide bonds. The minimum atomic E-state index is 0.322. The molecule has 4 rings (SSSR count). The fourth-order valence-corrected chi connectivity index (χ4v) is 3.16. The van der Waals surface area contributed by atoms with Crippen LogP contribution in [-0.2, 0) is 0 Å². The second-order valence-electron chi connectivity index (χ2n) is 6.30. The van der Waals surface area contributed by atoms with Crippen LogP contribution in [-0.4, -0.2) is 42.4 Å². The number of ether oxygens (including phenoxy) is 2. The van der Waals surface area contributed by atoms with E-state index in [2.05, 4.69) is 14.9 Å². The van der Waals surface area contributed by atoms with Crippen LogP contribution in [0.15, 0.2) is 48.8 Å². The number of benzene rings is 2. The number of fused-ring (bicyclic) bond motifs is 1. The van der Waals surface area contributed by atoms with Crippen molar-refractivity contribution in [2.75, 3.05) is 32.2 Å². The van der Waals surface area contributed by atoms with E-state index in [1.807, 2.05) is 18.2 Å². The first-order valence-electron chi connectivity index (χ1n) is 9.08. The largest absolute Gasteiger partial charge is 0.508 e. The molecular weight excluding hydrogens is 342 g/mol. The molecule has 0 unspecified atom stereocenters. The number of piperidine rings is 1. The number of anilines is 1. The molecule has 0 radical (unpaired) electrons. The molecule has 1 fully saturated rings. The van der Waals surface area contributed by atoms with Gasteiger partial charge >= 0.3 is 0 Å². The highest BCUT2D eigenvalue weighted by atomic mass is 16.5. The van der Waals surface area contributed by atoms with Crippen molar-refractivity contribution in [3.63, 3.8) is 0 Å². The van der Waals surface area contributed by atoms with Crippen molar-refractivity contribution < 1.29 is 14.6 Å². The van der Waals surface area contributed by atoms with Crippen LogP contribution in [0.1, 0.15) is 19.3 Å². The molecule has 1 saturated heterocycles. The normalized spacial score (nSPS) is 13.6. The summed E-state index contributed by atoms with van der Waals surface area (Å²) in [6.07, 6.45) is 5.37. The first-order valence-corrected chi connectivity index (χ1v) is 9.08. The number of aromatic hydroxyl groups is 1. The Balaban J connectivity index is 0.000000253. The van der Waals surface area contributed by atoms with Gasteiger partial charge in [0.25, 0.3) is 0 Å². The lowest BCUT2D eigenvalue weighted by Gasteiger charge is -2.28. The second-order valence-corrected chi connectivity index (χ2v) is 6.30. The van der Waals surface area contributed by atoms with Gasteiger partial charge in [-0.15, -0.1) is 0 Å². The first kappa shape index (κ1) is 18.8. The summed E-state index contributed by atoms with van der Waals surface area (Å²) in [4.78, 5) is 11.2. The molecule has 27 heavy (non-hydrogen) atoms. The van der Waals surface area contributed by atoms with Crippen LogP contribution < -0.4 is 14.4 Å². The molecular formula is C21H25N3O3. The molecule has 6 heteroatoms. The third kappa shape index (κ3) is 4.58. The third-order valence-electron chi connectivity index (χ3n) is 4.53. The van der Waals surface area contributed by atoms with Crippen LogP contribution in [0.2, 0.25) is 0 Å². The van der Waals surface area contributed by atoms with Crippen LogP contribution in [0.3, 0.4) is 0 Å². The van der Waals surface area contributed by atoms with Gasteiger partial charge in [-0.05, 0) is 37.5 Å². The van der Waals surface area contributed by atoms with Crippen molar-refractivity contribution in [3.8, 4) is 17.2 Å². The number of phenolic OH excluding ortho intramolecular Hbond substituents is 1. The van der Waals surface area contributed by atoms with E-state index in [1.54, 1.807) is 44.8 Å². The van der Waals surface area contributed by atoms with Crippen LogP contribution in [0.5, 0.6) is 17.2 Å². The molecule has 0 atom stereocenters. The summed E-state index contributed by atoms with van der Waals surface area (Å²) in [5.41, 5.74) is 0.887. The minimum absolute atomic E-state index is 0.322. The average Bonchev–Trinajstić information content (AvgIpc) is 2.74. The molecule has 0 bridgehead atoms. The van der Waals surface area contributed by atoms with Crippen molar-refractivity contribution in [1.82, 2.24) is 9.97 Å². The van der Waals surface area contributed by atoms with E-state index in [-0.39, 0.29) is 0 Å². The van der Waals surface area contributed by atoms with Gasteiger partial charge in [-0.3, -0.25) is 0 Å². The quantitative estimate of drug-likeness (QED) is 0.754. The lowest BCUT2D eigenvalue weighted by atomic mass is 10.1. The first-order chi connectivity index (χ1) is 13.2. The molecule has 6 nitrogen and oxygen atoms in total. The smallest absolute Gasteiger partial charge is 0.162 e. The zero-order chi connectivity index (χ0) is 19.1. The number of methoxy groups -OCH3 is 2. The van der Waals surface area contributed by atoms with E-state index in [4.69, 9.17) is 14.6 Å². The van der Waals surface area contributed by atoms with E-state index in [1.165, 1.54) is 19.3 Å². The maximum atomic E-state index is 8.63. The van der Waals surface area contributed by atoms with Gasteiger partial charge in [-0.1, -0.05) is 18.2 Å². The molecule has 1 aromatic heterocycles. The Hall–Kier alpha value is -3.02. The summed E-state index contributed by atoms with van der Waals surface area (Å²) in [6.45, 7) is 2.11. The number of rotatable bonds is 3.